The van der Waals surface area contributed by atoms with Gasteiger partial charge in [0.25, 0.3) is 5.91 Å². The smallest absolute Gasteiger partial charge is 0.258 e. The van der Waals surface area contributed by atoms with Crippen LogP contribution in [0, 0.1) is 5.41 Å². The molecule has 0 saturated carbocycles. The average molecular weight is 341 g/mol. The van der Waals surface area contributed by atoms with E-state index in [1.54, 1.807) is 36.7 Å². The van der Waals surface area contributed by atoms with Crippen molar-refractivity contribution < 1.29 is 9.59 Å². The molecule has 0 aliphatic rings. The fraction of sp³-hybridized carbons (Fsp3) is 0. The molecule has 0 aliphatic heterocycles. The minimum Gasteiger partial charge on any atom is -0.404 e. The lowest BCUT2D eigenvalue weighted by molar-refractivity contribution is -0.111. The number of nitrogens with zero attached hydrogens (tertiary/aromatic N) is 1. The molecule has 2 heterocycles. The third kappa shape index (κ3) is 4.14. The first-order chi connectivity index (χ1) is 11.5. The number of primary amides is 1. The maximum atomic E-state index is 12.0. The van der Waals surface area contributed by atoms with Crippen molar-refractivity contribution in [3.8, 4) is 0 Å². The second-order valence-corrected chi connectivity index (χ2v) is 5.66. The van der Waals surface area contributed by atoms with Crippen LogP contribution in [-0.4, -0.2) is 23.0 Å². The first kappa shape index (κ1) is 17.1. The summed E-state index contributed by atoms with van der Waals surface area (Å²) in [6, 6.07) is 4.87. The molecule has 24 heavy (non-hydrogen) atoms. The van der Waals surface area contributed by atoms with Gasteiger partial charge in [0, 0.05) is 42.0 Å². The summed E-state index contributed by atoms with van der Waals surface area (Å²) < 4.78 is 0. The molecular formula is C16H15N5O2S. The normalized spacial score (nSPS) is 11.4. The molecule has 0 radical (unpaired) electrons. The van der Waals surface area contributed by atoms with Gasteiger partial charge in [-0.05, 0) is 29.8 Å². The van der Waals surface area contributed by atoms with Gasteiger partial charge in [0.2, 0.25) is 5.91 Å². The summed E-state index contributed by atoms with van der Waals surface area (Å²) in [6.45, 7) is 0. The van der Waals surface area contributed by atoms with Crippen molar-refractivity contribution in [2.24, 2.45) is 11.5 Å². The quantitative estimate of drug-likeness (QED) is 0.471. The van der Waals surface area contributed by atoms with Crippen LogP contribution in [0.2, 0.25) is 0 Å². The molecule has 2 rings (SSSR count). The molecule has 0 aromatic carbocycles. The van der Waals surface area contributed by atoms with Crippen LogP contribution in [0.5, 0.6) is 0 Å². The SMILES string of the molecule is N=C/C(=C\N)c1ccncc1/C=C/C(=O)Nc1ccc(C(N)=O)s1. The van der Waals surface area contributed by atoms with Crippen molar-refractivity contribution in [3.05, 3.63) is 58.9 Å². The van der Waals surface area contributed by atoms with Gasteiger partial charge in [-0.2, -0.15) is 0 Å². The summed E-state index contributed by atoms with van der Waals surface area (Å²) in [7, 11) is 0. The molecule has 0 saturated heterocycles. The van der Waals surface area contributed by atoms with Gasteiger partial charge in [-0.1, -0.05) is 0 Å². The number of hydrogen-bond acceptors (Lipinski definition) is 6. The van der Waals surface area contributed by atoms with Crippen LogP contribution < -0.4 is 16.8 Å². The van der Waals surface area contributed by atoms with Crippen LogP contribution in [0.4, 0.5) is 5.00 Å². The number of anilines is 1. The zero-order valence-corrected chi connectivity index (χ0v) is 13.3. The lowest BCUT2D eigenvalue weighted by Gasteiger charge is -2.05. The van der Waals surface area contributed by atoms with E-state index in [2.05, 4.69) is 10.3 Å². The maximum Gasteiger partial charge on any atom is 0.258 e. The average Bonchev–Trinajstić information content (AvgIpc) is 3.04. The van der Waals surface area contributed by atoms with Crippen LogP contribution in [0.15, 0.2) is 42.9 Å². The number of nitrogens with two attached hydrogens (primary N) is 2. The topological polar surface area (TPSA) is 135 Å². The second kappa shape index (κ2) is 7.84. The van der Waals surface area contributed by atoms with Crippen molar-refractivity contribution >= 4 is 46.0 Å². The largest absolute Gasteiger partial charge is 0.404 e. The first-order valence-electron chi connectivity index (χ1n) is 6.80. The van der Waals surface area contributed by atoms with E-state index in [-0.39, 0.29) is 5.91 Å². The Morgan fingerprint density at radius 2 is 2.08 bits per heavy atom. The number of nitrogens with one attached hydrogen (secondary N) is 2. The van der Waals surface area contributed by atoms with E-state index >= 15 is 0 Å². The van der Waals surface area contributed by atoms with Gasteiger partial charge in [0.15, 0.2) is 0 Å². The number of aromatic nitrogens is 1. The highest BCUT2D eigenvalue weighted by molar-refractivity contribution is 7.18. The predicted octanol–water partition coefficient (Wildman–Crippen LogP) is 1.84. The fourth-order valence-corrected chi connectivity index (χ4v) is 2.65. The Kier molecular flexibility index (Phi) is 5.58. The van der Waals surface area contributed by atoms with Crippen molar-refractivity contribution in [2.45, 2.75) is 0 Å². The highest BCUT2D eigenvalue weighted by Crippen LogP contribution is 2.21. The Morgan fingerprint density at radius 3 is 2.71 bits per heavy atom. The number of carbonyl (C=O) groups is 2. The van der Waals surface area contributed by atoms with Crippen LogP contribution in [0.3, 0.4) is 0 Å². The fourth-order valence-electron chi connectivity index (χ4n) is 1.88. The van der Waals surface area contributed by atoms with Gasteiger partial charge >= 0.3 is 0 Å². The Morgan fingerprint density at radius 1 is 1.29 bits per heavy atom. The number of thiophene rings is 1. The van der Waals surface area contributed by atoms with Crippen molar-refractivity contribution in [2.75, 3.05) is 5.32 Å². The van der Waals surface area contributed by atoms with Crippen molar-refractivity contribution in [3.63, 3.8) is 0 Å². The minimum absolute atomic E-state index is 0.365. The van der Waals surface area contributed by atoms with E-state index < -0.39 is 5.91 Å². The Labute approximate surface area is 142 Å². The van der Waals surface area contributed by atoms with E-state index in [0.717, 1.165) is 17.6 Å². The Balaban J connectivity index is 2.14. The molecule has 122 valence electrons. The van der Waals surface area contributed by atoms with Gasteiger partial charge in [-0.25, -0.2) is 0 Å². The number of hydrogen-bond donors (Lipinski definition) is 4. The van der Waals surface area contributed by atoms with E-state index in [1.807, 2.05) is 0 Å². The zero-order chi connectivity index (χ0) is 17.5. The third-order valence-electron chi connectivity index (χ3n) is 3.01. The lowest BCUT2D eigenvalue weighted by atomic mass is 10.0. The molecular weight excluding hydrogens is 326 g/mol. The summed E-state index contributed by atoms with van der Waals surface area (Å²) >= 11 is 1.10. The van der Waals surface area contributed by atoms with E-state index in [4.69, 9.17) is 16.9 Å². The molecule has 2 aromatic heterocycles. The summed E-state index contributed by atoms with van der Waals surface area (Å²) in [5.74, 6) is -0.903. The Bertz CT molecular complexity index is 838. The van der Waals surface area contributed by atoms with Gasteiger partial charge in [0.1, 0.15) is 0 Å². The van der Waals surface area contributed by atoms with Gasteiger partial charge < -0.3 is 22.2 Å². The minimum atomic E-state index is -0.538. The number of carbonyl (C=O) groups excluding carboxylic acids is 2. The Hall–Kier alpha value is -3.26. The zero-order valence-electron chi connectivity index (χ0n) is 12.5. The monoisotopic (exact) mass is 341 g/mol. The number of pyridine rings is 1. The molecule has 0 spiro atoms. The molecule has 7 nitrogen and oxygen atoms in total. The first-order valence-corrected chi connectivity index (χ1v) is 7.62. The summed E-state index contributed by atoms with van der Waals surface area (Å²) in [6.07, 6.45) is 8.51. The second-order valence-electron chi connectivity index (χ2n) is 4.58. The predicted molar refractivity (Wildman–Crippen MR) is 95.7 cm³/mol. The van der Waals surface area contributed by atoms with Crippen molar-refractivity contribution in [1.29, 1.82) is 5.41 Å². The highest BCUT2D eigenvalue weighted by Gasteiger charge is 2.07. The maximum absolute atomic E-state index is 12.0. The van der Waals surface area contributed by atoms with Crippen LogP contribution in [-0.2, 0) is 4.79 Å². The number of amides is 2. The summed E-state index contributed by atoms with van der Waals surface area (Å²) in [4.78, 5) is 27.4. The molecule has 2 aromatic rings. The molecule has 0 fully saturated rings. The van der Waals surface area contributed by atoms with Crippen LogP contribution in [0.1, 0.15) is 20.8 Å². The molecule has 0 bridgehead atoms. The molecule has 0 aliphatic carbocycles. The van der Waals surface area contributed by atoms with E-state index in [1.165, 1.54) is 12.3 Å². The van der Waals surface area contributed by atoms with Crippen LogP contribution >= 0.6 is 11.3 Å². The summed E-state index contributed by atoms with van der Waals surface area (Å²) in [5, 5.41) is 10.5. The van der Waals surface area contributed by atoms with Gasteiger partial charge in [0.05, 0.1) is 9.88 Å². The number of allylic oxidation sites excluding steroid dienone is 1. The molecule has 2 amide bonds. The van der Waals surface area contributed by atoms with Crippen LogP contribution in [0.25, 0.3) is 11.6 Å². The molecule has 0 unspecified atom stereocenters. The third-order valence-corrected chi connectivity index (χ3v) is 4.02. The van der Waals surface area contributed by atoms with E-state index in [0.29, 0.717) is 26.6 Å². The van der Waals surface area contributed by atoms with Gasteiger partial charge in [-0.3, -0.25) is 14.6 Å². The highest BCUT2D eigenvalue weighted by atomic mass is 32.1. The molecule has 0 atom stereocenters. The van der Waals surface area contributed by atoms with Crippen molar-refractivity contribution in [1.82, 2.24) is 4.98 Å². The lowest BCUT2D eigenvalue weighted by Crippen LogP contribution is -2.08. The summed E-state index contributed by atoms with van der Waals surface area (Å²) in [5.41, 5.74) is 12.5. The van der Waals surface area contributed by atoms with Gasteiger partial charge in [-0.15, -0.1) is 11.3 Å². The standard InChI is InChI=1S/C16H15N5O2S/c17-7-11(8-18)12-5-6-20-9-10(12)1-3-14(22)21-15-4-2-13(24-15)16(19)23/h1-9,17H,18H2,(H2,19,23)(H,21,22)/b3-1+,11-8+,17-7?. The number of rotatable bonds is 6. The van der Waals surface area contributed by atoms with E-state index in [9.17, 15) is 9.59 Å². The molecule has 6 N–H and O–H groups in total. The molecule has 8 heteroatoms.